The second-order valence-electron chi connectivity index (χ2n) is 7.27. The van der Waals surface area contributed by atoms with Gasteiger partial charge < -0.3 is 10.1 Å². The lowest BCUT2D eigenvalue weighted by atomic mass is 10.2. The molecule has 2 aromatic rings. The van der Waals surface area contributed by atoms with Crippen molar-refractivity contribution in [1.82, 2.24) is 9.62 Å². The summed E-state index contributed by atoms with van der Waals surface area (Å²) >= 11 is 5.21. The van der Waals surface area contributed by atoms with E-state index in [1.54, 1.807) is 36.4 Å². The van der Waals surface area contributed by atoms with Crippen LogP contribution in [-0.4, -0.2) is 43.4 Å². The first-order valence-corrected chi connectivity index (χ1v) is 12.2. The summed E-state index contributed by atoms with van der Waals surface area (Å²) < 4.78 is 32.3. The molecule has 1 heterocycles. The third-order valence-corrected chi connectivity index (χ3v) is 7.04. The van der Waals surface area contributed by atoms with E-state index in [4.69, 9.17) is 17.0 Å². The summed E-state index contributed by atoms with van der Waals surface area (Å²) in [7, 11) is -3.46. The van der Waals surface area contributed by atoms with Crippen LogP contribution in [0.15, 0.2) is 53.4 Å². The highest BCUT2D eigenvalue weighted by Crippen LogP contribution is 2.22. The smallest absolute Gasteiger partial charge is 0.257 e. The molecule has 7 nitrogen and oxygen atoms in total. The zero-order chi connectivity index (χ0) is 22.3. The molecule has 1 aliphatic heterocycles. The predicted octanol–water partition coefficient (Wildman–Crippen LogP) is 3.78. The average molecular weight is 462 g/mol. The van der Waals surface area contributed by atoms with Crippen LogP contribution in [0.2, 0.25) is 0 Å². The number of carbonyl (C=O) groups excluding carboxylic acids is 1. The molecule has 31 heavy (non-hydrogen) atoms. The molecular weight excluding hydrogens is 434 g/mol. The maximum absolute atomic E-state index is 12.6. The molecule has 3 rings (SSSR count). The fourth-order valence-electron chi connectivity index (χ4n) is 3.16. The fraction of sp³-hybridized carbons (Fsp3) is 0.364. The third-order valence-electron chi connectivity index (χ3n) is 4.93. The van der Waals surface area contributed by atoms with Crippen LogP contribution in [0.5, 0.6) is 5.75 Å². The third kappa shape index (κ3) is 6.25. The van der Waals surface area contributed by atoms with Crippen molar-refractivity contribution in [2.75, 3.05) is 25.0 Å². The second kappa shape index (κ2) is 10.7. The van der Waals surface area contributed by atoms with Gasteiger partial charge in [0.1, 0.15) is 5.75 Å². The molecule has 0 bridgehead atoms. The number of ether oxygens (including phenoxy) is 1. The molecule has 2 aromatic carbocycles. The number of unbranched alkanes of at least 4 members (excludes halogenated alkanes) is 1. The van der Waals surface area contributed by atoms with Gasteiger partial charge in [0, 0.05) is 24.3 Å². The van der Waals surface area contributed by atoms with Gasteiger partial charge in [-0.15, -0.1) is 0 Å². The minimum atomic E-state index is -3.46. The van der Waals surface area contributed by atoms with Gasteiger partial charge in [0.15, 0.2) is 5.11 Å². The Labute approximate surface area is 188 Å². The van der Waals surface area contributed by atoms with E-state index in [0.717, 1.165) is 31.4 Å². The number of hydrogen-bond acceptors (Lipinski definition) is 5. The summed E-state index contributed by atoms with van der Waals surface area (Å²) in [5, 5.41) is 5.65. The monoisotopic (exact) mass is 461 g/mol. The molecular formula is C22H27N3O4S2. The van der Waals surface area contributed by atoms with Crippen LogP contribution in [0.4, 0.5) is 5.69 Å². The van der Waals surface area contributed by atoms with Gasteiger partial charge >= 0.3 is 0 Å². The van der Waals surface area contributed by atoms with Crippen molar-refractivity contribution in [3.63, 3.8) is 0 Å². The number of nitrogens with zero attached hydrogens (tertiary/aromatic N) is 1. The van der Waals surface area contributed by atoms with Gasteiger partial charge in [-0.3, -0.25) is 10.1 Å². The standard InChI is InChI=1S/C22H27N3O4S2/c1-2-3-16-29-19-10-6-17(7-11-19)21(26)24-22(30)23-18-8-12-20(13-9-18)31(27,28)25-14-4-5-15-25/h6-13H,2-5,14-16H2,1H3,(H2,23,24,26,30). The summed E-state index contributed by atoms with van der Waals surface area (Å²) in [6, 6.07) is 13.2. The maximum Gasteiger partial charge on any atom is 0.257 e. The molecule has 1 fully saturated rings. The predicted molar refractivity (Wildman–Crippen MR) is 125 cm³/mol. The molecule has 0 atom stereocenters. The molecule has 1 aliphatic rings. The number of amides is 1. The Hall–Kier alpha value is -2.49. The van der Waals surface area contributed by atoms with E-state index in [-0.39, 0.29) is 15.9 Å². The molecule has 0 aromatic heterocycles. The van der Waals surface area contributed by atoms with Gasteiger partial charge in [-0.25, -0.2) is 8.42 Å². The number of rotatable bonds is 8. The second-order valence-corrected chi connectivity index (χ2v) is 9.62. The van der Waals surface area contributed by atoms with Gasteiger partial charge in [0.25, 0.3) is 5.91 Å². The quantitative estimate of drug-likeness (QED) is 0.460. The van der Waals surface area contributed by atoms with Crippen LogP contribution >= 0.6 is 12.2 Å². The number of nitrogens with one attached hydrogen (secondary N) is 2. The van der Waals surface area contributed by atoms with Crippen LogP contribution in [0.1, 0.15) is 43.0 Å². The largest absolute Gasteiger partial charge is 0.494 e. The van der Waals surface area contributed by atoms with Crippen LogP contribution < -0.4 is 15.4 Å². The maximum atomic E-state index is 12.6. The Bertz CT molecular complexity index is 1000. The molecule has 0 spiro atoms. The number of sulfonamides is 1. The normalized spacial score (nSPS) is 14.2. The summed E-state index contributed by atoms with van der Waals surface area (Å²) in [4.78, 5) is 12.6. The highest BCUT2D eigenvalue weighted by Gasteiger charge is 2.26. The Kier molecular flexibility index (Phi) is 8.00. The Morgan fingerprint density at radius 3 is 2.32 bits per heavy atom. The van der Waals surface area contributed by atoms with E-state index in [1.807, 2.05) is 0 Å². The Morgan fingerprint density at radius 1 is 1.06 bits per heavy atom. The molecule has 0 unspecified atom stereocenters. The van der Waals surface area contributed by atoms with Crippen LogP contribution in [0, 0.1) is 0 Å². The molecule has 0 radical (unpaired) electrons. The summed E-state index contributed by atoms with van der Waals surface area (Å²) in [5.74, 6) is 0.375. The minimum absolute atomic E-state index is 0.128. The van der Waals surface area contributed by atoms with Crippen molar-refractivity contribution in [2.24, 2.45) is 0 Å². The van der Waals surface area contributed by atoms with Gasteiger partial charge in [-0.1, -0.05) is 13.3 Å². The van der Waals surface area contributed by atoms with E-state index in [9.17, 15) is 13.2 Å². The Balaban J connectivity index is 1.53. The van der Waals surface area contributed by atoms with Crippen molar-refractivity contribution in [3.8, 4) is 5.75 Å². The van der Waals surface area contributed by atoms with Crippen molar-refractivity contribution in [3.05, 3.63) is 54.1 Å². The first-order valence-electron chi connectivity index (χ1n) is 10.4. The zero-order valence-electron chi connectivity index (χ0n) is 17.5. The van der Waals surface area contributed by atoms with Gasteiger partial charge in [-0.2, -0.15) is 4.31 Å². The van der Waals surface area contributed by atoms with Crippen molar-refractivity contribution < 1.29 is 17.9 Å². The minimum Gasteiger partial charge on any atom is -0.494 e. The van der Waals surface area contributed by atoms with Crippen molar-refractivity contribution in [1.29, 1.82) is 0 Å². The van der Waals surface area contributed by atoms with Crippen LogP contribution in [0.25, 0.3) is 0 Å². The molecule has 9 heteroatoms. The van der Waals surface area contributed by atoms with E-state index in [1.165, 1.54) is 16.4 Å². The summed E-state index contributed by atoms with van der Waals surface area (Å²) in [5.41, 5.74) is 1.05. The van der Waals surface area contributed by atoms with Crippen molar-refractivity contribution in [2.45, 2.75) is 37.5 Å². The lowest BCUT2D eigenvalue weighted by Gasteiger charge is -2.16. The first-order chi connectivity index (χ1) is 14.9. The highest BCUT2D eigenvalue weighted by molar-refractivity contribution is 7.89. The number of thiocarbonyl (C=S) groups is 1. The van der Waals surface area contributed by atoms with E-state index < -0.39 is 10.0 Å². The summed E-state index contributed by atoms with van der Waals surface area (Å²) in [6.45, 7) is 3.86. The van der Waals surface area contributed by atoms with Crippen LogP contribution in [-0.2, 0) is 10.0 Å². The van der Waals surface area contributed by atoms with Gasteiger partial charge in [0.2, 0.25) is 10.0 Å². The summed E-state index contributed by atoms with van der Waals surface area (Å²) in [6.07, 6.45) is 3.82. The lowest BCUT2D eigenvalue weighted by Crippen LogP contribution is -2.34. The molecule has 0 aliphatic carbocycles. The number of benzene rings is 2. The first kappa shape index (κ1) is 23.2. The Morgan fingerprint density at radius 2 is 1.71 bits per heavy atom. The van der Waals surface area contributed by atoms with Gasteiger partial charge in [-0.05, 0) is 80.0 Å². The molecule has 0 saturated carbocycles. The van der Waals surface area contributed by atoms with Crippen LogP contribution in [0.3, 0.4) is 0 Å². The highest BCUT2D eigenvalue weighted by atomic mass is 32.2. The molecule has 1 amide bonds. The zero-order valence-corrected chi connectivity index (χ0v) is 19.1. The number of hydrogen-bond donors (Lipinski definition) is 2. The number of anilines is 1. The number of carbonyl (C=O) groups is 1. The average Bonchev–Trinajstić information content (AvgIpc) is 3.30. The van der Waals surface area contributed by atoms with Crippen molar-refractivity contribution >= 4 is 38.9 Å². The molecule has 2 N–H and O–H groups in total. The van der Waals surface area contributed by atoms with E-state index in [0.29, 0.717) is 30.9 Å². The molecule has 1 saturated heterocycles. The molecule has 166 valence electrons. The fourth-order valence-corrected chi connectivity index (χ4v) is 4.89. The topological polar surface area (TPSA) is 87.7 Å². The van der Waals surface area contributed by atoms with E-state index >= 15 is 0 Å². The SMILES string of the molecule is CCCCOc1ccc(C(=O)NC(=S)Nc2ccc(S(=O)(=O)N3CCCC3)cc2)cc1. The van der Waals surface area contributed by atoms with E-state index in [2.05, 4.69) is 17.6 Å². The van der Waals surface area contributed by atoms with Gasteiger partial charge in [0.05, 0.1) is 11.5 Å². The lowest BCUT2D eigenvalue weighted by molar-refractivity contribution is 0.0977.